The van der Waals surface area contributed by atoms with E-state index >= 15 is 0 Å². The lowest BCUT2D eigenvalue weighted by Gasteiger charge is -2.35. The van der Waals surface area contributed by atoms with Crippen LogP contribution in [0.15, 0.2) is 29.3 Å². The number of piperidine rings is 1. The summed E-state index contributed by atoms with van der Waals surface area (Å²) in [4.78, 5) is 40.1. The Balaban J connectivity index is 1.62. The SMILES string of the molecule is CNC(=O)COc1cc2cc(Cc3nc(N4C[C@H](C)C[C@H](C)C4)ncc3Cl)cnc2n(C)c1=O. The molecule has 0 spiro atoms. The Morgan fingerprint density at radius 3 is 2.65 bits per heavy atom. The second-order valence-corrected chi connectivity index (χ2v) is 9.49. The highest BCUT2D eigenvalue weighted by Gasteiger charge is 2.24. The summed E-state index contributed by atoms with van der Waals surface area (Å²) in [6.45, 7) is 6.11. The van der Waals surface area contributed by atoms with Crippen LogP contribution in [-0.4, -0.2) is 52.2 Å². The van der Waals surface area contributed by atoms with Gasteiger partial charge in [-0.2, -0.15) is 0 Å². The monoisotopic (exact) mass is 484 g/mol. The maximum atomic E-state index is 12.6. The number of carbonyl (C=O) groups excluding carboxylic acids is 1. The highest BCUT2D eigenvalue weighted by atomic mass is 35.5. The van der Waals surface area contributed by atoms with Crippen LogP contribution < -0.4 is 20.5 Å². The number of fused-ring (bicyclic) bond motifs is 1. The number of anilines is 1. The molecule has 1 saturated heterocycles. The number of ether oxygens (including phenoxy) is 1. The standard InChI is InChI=1S/C24H29ClN6O3/c1-14-5-15(2)12-31(11-14)24-28-10-18(25)19(29-24)7-16-6-17-8-20(34-13-21(32)26-3)23(33)30(4)22(17)27-9-16/h6,8-10,14-15H,5,7,11-13H2,1-4H3,(H,26,32)/t14-,15+. The zero-order valence-electron chi connectivity index (χ0n) is 19.8. The van der Waals surface area contributed by atoms with Gasteiger partial charge in [-0.05, 0) is 36.0 Å². The van der Waals surface area contributed by atoms with E-state index in [9.17, 15) is 9.59 Å². The number of halogens is 1. The molecule has 1 aliphatic heterocycles. The minimum absolute atomic E-state index is 0.0910. The lowest BCUT2D eigenvalue weighted by atomic mass is 9.92. The number of nitrogens with one attached hydrogen (secondary N) is 1. The Kier molecular flexibility index (Phi) is 7.02. The predicted octanol–water partition coefficient (Wildman–Crippen LogP) is 2.57. The number of nitrogens with zero attached hydrogens (tertiary/aromatic N) is 5. The molecule has 34 heavy (non-hydrogen) atoms. The fourth-order valence-electron chi connectivity index (χ4n) is 4.47. The molecule has 1 amide bonds. The Hall–Kier alpha value is -3.20. The van der Waals surface area contributed by atoms with Crippen LogP contribution in [0.1, 0.15) is 31.5 Å². The minimum Gasteiger partial charge on any atom is -0.478 e. The van der Waals surface area contributed by atoms with E-state index < -0.39 is 0 Å². The fraction of sp³-hybridized carbons (Fsp3) is 0.458. The van der Waals surface area contributed by atoms with E-state index in [1.54, 1.807) is 25.5 Å². The smallest absolute Gasteiger partial charge is 0.294 e. The molecule has 0 unspecified atom stereocenters. The van der Waals surface area contributed by atoms with Gasteiger partial charge in [0.1, 0.15) is 5.65 Å². The van der Waals surface area contributed by atoms with Crippen molar-refractivity contribution >= 4 is 34.5 Å². The third-order valence-corrected chi connectivity index (χ3v) is 6.35. The first-order valence-corrected chi connectivity index (χ1v) is 11.7. The largest absolute Gasteiger partial charge is 0.478 e. The summed E-state index contributed by atoms with van der Waals surface area (Å²) in [6, 6.07) is 3.54. The highest BCUT2D eigenvalue weighted by Crippen LogP contribution is 2.26. The van der Waals surface area contributed by atoms with Gasteiger partial charge in [0.15, 0.2) is 12.4 Å². The third kappa shape index (κ3) is 5.14. The number of carbonyl (C=O) groups is 1. The van der Waals surface area contributed by atoms with Crippen molar-refractivity contribution in [1.82, 2.24) is 24.8 Å². The van der Waals surface area contributed by atoms with Gasteiger partial charge < -0.3 is 15.0 Å². The number of amides is 1. The normalized spacial score (nSPS) is 18.2. The Morgan fingerprint density at radius 1 is 1.21 bits per heavy atom. The summed E-state index contributed by atoms with van der Waals surface area (Å²) >= 11 is 6.45. The highest BCUT2D eigenvalue weighted by molar-refractivity contribution is 6.31. The minimum atomic E-state index is -0.356. The fourth-order valence-corrected chi connectivity index (χ4v) is 4.63. The number of rotatable bonds is 6. The number of aromatic nitrogens is 4. The zero-order chi connectivity index (χ0) is 24.4. The van der Waals surface area contributed by atoms with Gasteiger partial charge in [-0.3, -0.25) is 14.2 Å². The molecule has 0 radical (unpaired) electrons. The summed E-state index contributed by atoms with van der Waals surface area (Å²) < 4.78 is 6.84. The van der Waals surface area contributed by atoms with Crippen molar-refractivity contribution in [3.8, 4) is 5.75 Å². The maximum Gasteiger partial charge on any atom is 0.294 e. The van der Waals surface area contributed by atoms with Gasteiger partial charge in [-0.15, -0.1) is 0 Å². The quantitative estimate of drug-likeness (QED) is 0.573. The molecule has 1 aliphatic rings. The predicted molar refractivity (Wildman–Crippen MR) is 132 cm³/mol. The van der Waals surface area contributed by atoms with Gasteiger partial charge in [0.05, 0.1) is 16.9 Å². The van der Waals surface area contributed by atoms with Crippen LogP contribution >= 0.6 is 11.6 Å². The van der Waals surface area contributed by atoms with Crippen molar-refractivity contribution in [2.45, 2.75) is 26.7 Å². The Labute approximate surface area is 203 Å². The summed E-state index contributed by atoms with van der Waals surface area (Å²) in [5, 5.41) is 3.68. The lowest BCUT2D eigenvalue weighted by molar-refractivity contribution is -0.122. The molecule has 0 aliphatic carbocycles. The van der Waals surface area contributed by atoms with Crippen LogP contribution in [-0.2, 0) is 18.3 Å². The van der Waals surface area contributed by atoms with E-state index in [4.69, 9.17) is 21.3 Å². The van der Waals surface area contributed by atoms with E-state index in [0.29, 0.717) is 34.9 Å². The second kappa shape index (κ2) is 9.97. The van der Waals surface area contributed by atoms with Crippen LogP contribution in [0.4, 0.5) is 5.95 Å². The second-order valence-electron chi connectivity index (χ2n) is 9.08. The molecule has 4 heterocycles. The molecule has 1 fully saturated rings. The number of hydrogen-bond donors (Lipinski definition) is 1. The van der Waals surface area contributed by atoms with Gasteiger partial charge in [0.2, 0.25) is 5.95 Å². The molecular formula is C24H29ClN6O3. The first-order valence-electron chi connectivity index (χ1n) is 11.3. The van der Waals surface area contributed by atoms with E-state index in [0.717, 1.165) is 29.7 Å². The van der Waals surface area contributed by atoms with Crippen molar-refractivity contribution in [3.63, 3.8) is 0 Å². The van der Waals surface area contributed by atoms with Gasteiger partial charge in [0.25, 0.3) is 11.5 Å². The van der Waals surface area contributed by atoms with Gasteiger partial charge in [-0.1, -0.05) is 25.4 Å². The average Bonchev–Trinajstić information content (AvgIpc) is 2.81. The van der Waals surface area contributed by atoms with Crippen LogP contribution in [0.5, 0.6) is 5.75 Å². The molecule has 0 aromatic carbocycles. The number of aryl methyl sites for hydroxylation is 1. The van der Waals surface area contributed by atoms with Gasteiger partial charge in [0, 0.05) is 45.2 Å². The van der Waals surface area contributed by atoms with Crippen LogP contribution in [0.3, 0.4) is 0 Å². The summed E-state index contributed by atoms with van der Waals surface area (Å²) in [5.41, 5.74) is 1.77. The zero-order valence-corrected chi connectivity index (χ0v) is 20.6. The summed E-state index contributed by atoms with van der Waals surface area (Å²) in [7, 11) is 3.13. The van der Waals surface area contributed by atoms with Crippen LogP contribution in [0, 0.1) is 11.8 Å². The molecule has 0 saturated carbocycles. The number of hydrogen-bond acceptors (Lipinski definition) is 7. The number of likely N-dealkylation sites (N-methyl/N-ethyl adjacent to an activating group) is 1. The van der Waals surface area contributed by atoms with Crippen LogP contribution in [0.25, 0.3) is 11.0 Å². The topological polar surface area (TPSA) is 102 Å². The lowest BCUT2D eigenvalue weighted by Crippen LogP contribution is -2.39. The molecule has 4 rings (SSSR count). The van der Waals surface area contributed by atoms with E-state index in [1.165, 1.54) is 18.0 Å². The van der Waals surface area contributed by atoms with E-state index in [2.05, 4.69) is 34.0 Å². The molecule has 180 valence electrons. The van der Waals surface area contributed by atoms with Crippen molar-refractivity contribution in [3.05, 3.63) is 51.2 Å². The Morgan fingerprint density at radius 2 is 1.94 bits per heavy atom. The van der Waals surface area contributed by atoms with Crippen LogP contribution in [0.2, 0.25) is 5.02 Å². The third-order valence-electron chi connectivity index (χ3n) is 6.04. The van der Waals surface area contributed by atoms with Gasteiger partial charge >= 0.3 is 0 Å². The molecule has 3 aromatic heterocycles. The molecule has 9 nitrogen and oxygen atoms in total. The van der Waals surface area contributed by atoms with Gasteiger partial charge in [-0.25, -0.2) is 15.0 Å². The average molecular weight is 485 g/mol. The first kappa shape index (κ1) is 23.9. The van der Waals surface area contributed by atoms with Crippen molar-refractivity contribution < 1.29 is 9.53 Å². The van der Waals surface area contributed by atoms with Crippen molar-refractivity contribution in [2.75, 3.05) is 31.6 Å². The molecular weight excluding hydrogens is 456 g/mol. The van der Waals surface area contributed by atoms with E-state index in [1.807, 2.05) is 6.07 Å². The number of pyridine rings is 2. The molecule has 10 heteroatoms. The molecule has 2 atom stereocenters. The molecule has 1 N–H and O–H groups in total. The summed E-state index contributed by atoms with van der Waals surface area (Å²) in [6.07, 6.45) is 5.05. The molecule has 0 bridgehead atoms. The Bertz CT molecular complexity index is 1270. The van der Waals surface area contributed by atoms with Crippen molar-refractivity contribution in [2.24, 2.45) is 18.9 Å². The van der Waals surface area contributed by atoms with Crippen molar-refractivity contribution in [1.29, 1.82) is 0 Å². The molecule has 3 aromatic rings. The first-order chi connectivity index (χ1) is 16.2. The summed E-state index contributed by atoms with van der Waals surface area (Å²) in [5.74, 6) is 1.64. The van der Waals surface area contributed by atoms with E-state index in [-0.39, 0.29) is 23.8 Å². The maximum absolute atomic E-state index is 12.6.